The Morgan fingerprint density at radius 1 is 1.06 bits per heavy atom. The zero-order chi connectivity index (χ0) is 11.4. The molecule has 2 unspecified atom stereocenters. The Hall–Kier alpha value is -0.0800. The van der Waals surface area contributed by atoms with Gasteiger partial charge in [-0.3, -0.25) is 0 Å². The summed E-state index contributed by atoms with van der Waals surface area (Å²) in [7, 11) is 0. The van der Waals surface area contributed by atoms with E-state index in [1.165, 1.54) is 51.4 Å². The minimum atomic E-state index is 0.454. The van der Waals surface area contributed by atoms with Crippen molar-refractivity contribution in [3.8, 4) is 0 Å². The molecular weight excluding hydrogens is 198 g/mol. The predicted octanol–water partition coefficient (Wildman–Crippen LogP) is 3.10. The molecule has 2 heteroatoms. The summed E-state index contributed by atoms with van der Waals surface area (Å²) in [6.07, 6.45) is 10.9. The highest BCUT2D eigenvalue weighted by molar-refractivity contribution is 4.80. The average molecular weight is 225 g/mol. The van der Waals surface area contributed by atoms with E-state index < -0.39 is 0 Å². The molecule has 94 valence electrons. The summed E-state index contributed by atoms with van der Waals surface area (Å²) in [5, 5.41) is 0. The Bertz CT molecular complexity index is 199. The highest BCUT2D eigenvalue weighted by atomic mass is 16.5. The van der Waals surface area contributed by atoms with Gasteiger partial charge in [-0.15, -0.1) is 0 Å². The lowest BCUT2D eigenvalue weighted by molar-refractivity contribution is 0.0128. The lowest BCUT2D eigenvalue weighted by Crippen LogP contribution is -2.27. The Kier molecular flexibility index (Phi) is 4.66. The van der Waals surface area contributed by atoms with E-state index in [9.17, 15) is 0 Å². The maximum absolute atomic E-state index is 6.06. The molecule has 16 heavy (non-hydrogen) atoms. The van der Waals surface area contributed by atoms with Gasteiger partial charge >= 0.3 is 0 Å². The van der Waals surface area contributed by atoms with Gasteiger partial charge in [-0.2, -0.15) is 0 Å². The number of rotatable bonds is 4. The quantitative estimate of drug-likeness (QED) is 0.798. The summed E-state index contributed by atoms with van der Waals surface area (Å²) < 4.78 is 5.99. The van der Waals surface area contributed by atoms with E-state index >= 15 is 0 Å². The van der Waals surface area contributed by atoms with Crippen molar-refractivity contribution < 1.29 is 4.74 Å². The summed E-state index contributed by atoms with van der Waals surface area (Å²) >= 11 is 0. The second kappa shape index (κ2) is 6.02. The molecular formula is C14H27NO. The van der Waals surface area contributed by atoms with Crippen molar-refractivity contribution in [2.75, 3.05) is 6.61 Å². The zero-order valence-electron chi connectivity index (χ0n) is 10.7. The van der Waals surface area contributed by atoms with Crippen LogP contribution in [0.1, 0.15) is 58.3 Å². The lowest BCUT2D eigenvalue weighted by Gasteiger charge is -2.27. The molecule has 0 radical (unpaired) electrons. The van der Waals surface area contributed by atoms with Gasteiger partial charge in [0.15, 0.2) is 0 Å². The van der Waals surface area contributed by atoms with Gasteiger partial charge in [0.25, 0.3) is 0 Å². The molecule has 0 bridgehead atoms. The molecule has 2 rings (SSSR count). The molecule has 2 saturated carbocycles. The van der Waals surface area contributed by atoms with Crippen molar-refractivity contribution in [1.29, 1.82) is 0 Å². The van der Waals surface area contributed by atoms with Gasteiger partial charge in [-0.1, -0.05) is 13.3 Å². The van der Waals surface area contributed by atoms with Crippen LogP contribution in [0.15, 0.2) is 0 Å². The number of ether oxygens (including phenoxy) is 1. The fourth-order valence-corrected chi connectivity index (χ4v) is 3.21. The van der Waals surface area contributed by atoms with Crippen LogP contribution in [0.3, 0.4) is 0 Å². The van der Waals surface area contributed by atoms with Gasteiger partial charge in [0.05, 0.1) is 6.10 Å². The molecule has 0 aromatic carbocycles. The Morgan fingerprint density at radius 3 is 2.44 bits per heavy atom. The minimum Gasteiger partial charge on any atom is -0.378 e. The summed E-state index contributed by atoms with van der Waals surface area (Å²) in [4.78, 5) is 0. The maximum atomic E-state index is 6.06. The first-order valence-electron chi connectivity index (χ1n) is 7.13. The standard InChI is InChI=1S/C14H27NO/c1-11-5-7-13(8-6-11)16-10-9-12-3-2-4-14(12)15/h11-14H,2-10,15H2,1H3. The summed E-state index contributed by atoms with van der Waals surface area (Å²) in [6.45, 7) is 3.30. The van der Waals surface area contributed by atoms with Gasteiger partial charge in [0, 0.05) is 12.6 Å². The van der Waals surface area contributed by atoms with E-state index in [4.69, 9.17) is 10.5 Å². The third kappa shape index (κ3) is 3.46. The van der Waals surface area contributed by atoms with Crippen LogP contribution in [-0.4, -0.2) is 18.8 Å². The minimum absolute atomic E-state index is 0.454. The molecule has 0 heterocycles. The van der Waals surface area contributed by atoms with Crippen molar-refractivity contribution >= 4 is 0 Å². The molecule has 2 atom stereocenters. The molecule has 2 fully saturated rings. The third-order valence-corrected chi connectivity index (χ3v) is 4.52. The van der Waals surface area contributed by atoms with E-state index in [-0.39, 0.29) is 0 Å². The van der Waals surface area contributed by atoms with Crippen LogP contribution in [0.5, 0.6) is 0 Å². The monoisotopic (exact) mass is 225 g/mol. The number of hydrogen-bond donors (Lipinski definition) is 1. The van der Waals surface area contributed by atoms with E-state index in [2.05, 4.69) is 6.92 Å². The van der Waals surface area contributed by atoms with Crippen LogP contribution in [0.4, 0.5) is 0 Å². The molecule has 0 saturated heterocycles. The first-order chi connectivity index (χ1) is 7.75. The molecule has 0 amide bonds. The van der Waals surface area contributed by atoms with Gasteiger partial charge in [-0.05, 0) is 56.8 Å². The largest absolute Gasteiger partial charge is 0.378 e. The van der Waals surface area contributed by atoms with E-state index in [1.54, 1.807) is 0 Å². The molecule has 0 aliphatic heterocycles. The van der Waals surface area contributed by atoms with E-state index in [0.717, 1.165) is 18.4 Å². The van der Waals surface area contributed by atoms with Crippen molar-refractivity contribution in [2.24, 2.45) is 17.6 Å². The number of nitrogens with two attached hydrogens (primary N) is 1. The Balaban J connectivity index is 1.57. The second-order valence-electron chi connectivity index (χ2n) is 5.90. The van der Waals surface area contributed by atoms with Crippen LogP contribution in [0.25, 0.3) is 0 Å². The highest BCUT2D eigenvalue weighted by Gasteiger charge is 2.24. The van der Waals surface area contributed by atoms with Gasteiger partial charge in [0.1, 0.15) is 0 Å². The summed E-state index contributed by atoms with van der Waals surface area (Å²) in [5.74, 6) is 1.66. The zero-order valence-corrected chi connectivity index (χ0v) is 10.7. The van der Waals surface area contributed by atoms with Gasteiger partial charge in [0.2, 0.25) is 0 Å². The second-order valence-corrected chi connectivity index (χ2v) is 5.90. The molecule has 2 aliphatic carbocycles. The van der Waals surface area contributed by atoms with Gasteiger partial charge < -0.3 is 10.5 Å². The third-order valence-electron chi connectivity index (χ3n) is 4.52. The molecule has 2 N–H and O–H groups in total. The molecule has 0 aromatic rings. The van der Waals surface area contributed by atoms with Crippen molar-refractivity contribution in [2.45, 2.75) is 70.4 Å². The Morgan fingerprint density at radius 2 is 1.81 bits per heavy atom. The number of hydrogen-bond acceptors (Lipinski definition) is 2. The van der Waals surface area contributed by atoms with E-state index in [1.807, 2.05) is 0 Å². The van der Waals surface area contributed by atoms with Gasteiger partial charge in [-0.25, -0.2) is 0 Å². The van der Waals surface area contributed by atoms with Crippen molar-refractivity contribution in [3.05, 3.63) is 0 Å². The molecule has 0 spiro atoms. The fraction of sp³-hybridized carbons (Fsp3) is 1.00. The van der Waals surface area contributed by atoms with Crippen LogP contribution < -0.4 is 5.73 Å². The van der Waals surface area contributed by atoms with Crippen LogP contribution >= 0.6 is 0 Å². The van der Waals surface area contributed by atoms with Crippen molar-refractivity contribution in [1.82, 2.24) is 0 Å². The first-order valence-corrected chi connectivity index (χ1v) is 7.13. The maximum Gasteiger partial charge on any atom is 0.0575 e. The predicted molar refractivity (Wildman–Crippen MR) is 67.3 cm³/mol. The summed E-state index contributed by atoms with van der Waals surface area (Å²) in [5.41, 5.74) is 6.06. The molecule has 0 aromatic heterocycles. The van der Waals surface area contributed by atoms with Crippen LogP contribution in [0.2, 0.25) is 0 Å². The van der Waals surface area contributed by atoms with Crippen LogP contribution in [0, 0.1) is 11.8 Å². The first kappa shape index (κ1) is 12.4. The normalized spacial score (nSPS) is 40.1. The van der Waals surface area contributed by atoms with Crippen molar-refractivity contribution in [3.63, 3.8) is 0 Å². The smallest absolute Gasteiger partial charge is 0.0575 e. The lowest BCUT2D eigenvalue weighted by atomic mass is 9.89. The highest BCUT2D eigenvalue weighted by Crippen LogP contribution is 2.28. The Labute approximate surface area is 99.9 Å². The SMILES string of the molecule is CC1CCC(OCCC2CCCC2N)CC1. The van der Waals surface area contributed by atoms with Crippen LogP contribution in [-0.2, 0) is 4.74 Å². The topological polar surface area (TPSA) is 35.2 Å². The molecule has 2 nitrogen and oxygen atoms in total. The average Bonchev–Trinajstić information content (AvgIpc) is 2.68. The fourth-order valence-electron chi connectivity index (χ4n) is 3.21. The molecule has 2 aliphatic rings. The van der Waals surface area contributed by atoms with E-state index in [0.29, 0.717) is 12.1 Å². The summed E-state index contributed by atoms with van der Waals surface area (Å²) in [6, 6.07) is 0.454.